The van der Waals surface area contributed by atoms with E-state index < -0.39 is 0 Å². The van der Waals surface area contributed by atoms with Gasteiger partial charge in [0.25, 0.3) is 0 Å². The molecule has 2 heterocycles. The minimum atomic E-state index is -0.117. The topological polar surface area (TPSA) is 46.0 Å². The lowest BCUT2D eigenvalue weighted by molar-refractivity contribution is 0.101. The van der Waals surface area contributed by atoms with Gasteiger partial charge in [0.15, 0.2) is 5.76 Å². The standard InChI is InChI=1S/C15H12ClNO2/c1-2-10-4-6-14(19-10)15(18)12-8-17-13-7-9(16)3-5-11(12)13/h3-8,17H,2H2,1H3. The van der Waals surface area contributed by atoms with Gasteiger partial charge in [-0.1, -0.05) is 24.6 Å². The highest BCUT2D eigenvalue weighted by Gasteiger charge is 2.17. The zero-order valence-electron chi connectivity index (χ0n) is 10.4. The van der Waals surface area contributed by atoms with E-state index in [0.717, 1.165) is 23.1 Å². The van der Waals surface area contributed by atoms with Crippen molar-refractivity contribution in [1.29, 1.82) is 0 Å². The molecule has 4 heteroatoms. The third-order valence-corrected chi connectivity index (χ3v) is 3.36. The molecule has 0 radical (unpaired) electrons. The molecule has 0 aliphatic carbocycles. The van der Waals surface area contributed by atoms with Crippen molar-refractivity contribution in [2.45, 2.75) is 13.3 Å². The van der Waals surface area contributed by atoms with Gasteiger partial charge in [0.2, 0.25) is 5.78 Å². The summed E-state index contributed by atoms with van der Waals surface area (Å²) in [6.45, 7) is 1.99. The molecule has 0 aliphatic heterocycles. The van der Waals surface area contributed by atoms with Crippen LogP contribution in [0.3, 0.4) is 0 Å². The predicted octanol–water partition coefficient (Wildman–Crippen LogP) is 4.21. The molecule has 0 atom stereocenters. The Kier molecular flexibility index (Phi) is 2.91. The number of halogens is 1. The molecule has 3 rings (SSSR count). The highest BCUT2D eigenvalue weighted by molar-refractivity contribution is 6.31. The number of furan rings is 1. The van der Waals surface area contributed by atoms with Gasteiger partial charge in [-0.3, -0.25) is 4.79 Å². The van der Waals surface area contributed by atoms with Gasteiger partial charge >= 0.3 is 0 Å². The van der Waals surface area contributed by atoms with E-state index in [1.54, 1.807) is 24.4 Å². The van der Waals surface area contributed by atoms with Gasteiger partial charge in [-0.15, -0.1) is 0 Å². The molecule has 0 bridgehead atoms. The lowest BCUT2D eigenvalue weighted by atomic mass is 10.1. The fourth-order valence-electron chi connectivity index (χ4n) is 2.11. The van der Waals surface area contributed by atoms with E-state index in [2.05, 4.69) is 4.98 Å². The Morgan fingerprint density at radius 1 is 1.32 bits per heavy atom. The van der Waals surface area contributed by atoms with Crippen LogP contribution in [0.4, 0.5) is 0 Å². The summed E-state index contributed by atoms with van der Waals surface area (Å²) in [5, 5.41) is 1.49. The minimum Gasteiger partial charge on any atom is -0.458 e. The van der Waals surface area contributed by atoms with Crippen LogP contribution in [0.25, 0.3) is 10.9 Å². The molecule has 0 unspecified atom stereocenters. The van der Waals surface area contributed by atoms with Crippen LogP contribution in [0.15, 0.2) is 40.9 Å². The van der Waals surface area contributed by atoms with Crippen LogP contribution in [0, 0.1) is 0 Å². The summed E-state index contributed by atoms with van der Waals surface area (Å²) in [4.78, 5) is 15.4. The highest BCUT2D eigenvalue weighted by Crippen LogP contribution is 2.24. The number of H-pyrrole nitrogens is 1. The Bertz CT molecular complexity index is 754. The van der Waals surface area contributed by atoms with Crippen LogP contribution >= 0.6 is 11.6 Å². The number of aromatic nitrogens is 1. The fourth-order valence-corrected chi connectivity index (χ4v) is 2.28. The second kappa shape index (κ2) is 4.59. The van der Waals surface area contributed by atoms with Gasteiger partial charge < -0.3 is 9.40 Å². The monoisotopic (exact) mass is 273 g/mol. The zero-order chi connectivity index (χ0) is 13.4. The Labute approximate surface area is 115 Å². The molecular weight excluding hydrogens is 262 g/mol. The molecular formula is C15H12ClNO2. The second-order valence-corrected chi connectivity index (χ2v) is 4.78. The first kappa shape index (κ1) is 12.1. The summed E-state index contributed by atoms with van der Waals surface area (Å²) in [6.07, 6.45) is 2.47. The molecule has 2 aromatic heterocycles. The quantitative estimate of drug-likeness (QED) is 0.727. The normalized spacial score (nSPS) is 11.1. The largest absolute Gasteiger partial charge is 0.458 e. The van der Waals surface area contributed by atoms with E-state index in [9.17, 15) is 4.79 Å². The summed E-state index contributed by atoms with van der Waals surface area (Å²) >= 11 is 5.92. The third-order valence-electron chi connectivity index (χ3n) is 3.12. The molecule has 19 heavy (non-hydrogen) atoms. The number of benzene rings is 1. The smallest absolute Gasteiger partial charge is 0.230 e. The van der Waals surface area contributed by atoms with Crippen molar-refractivity contribution in [3.63, 3.8) is 0 Å². The average Bonchev–Trinajstić information content (AvgIpc) is 3.03. The van der Waals surface area contributed by atoms with Crippen LogP contribution in [0.2, 0.25) is 5.02 Å². The second-order valence-electron chi connectivity index (χ2n) is 4.34. The number of rotatable bonds is 3. The molecule has 0 saturated heterocycles. The molecule has 3 aromatic rings. The van der Waals surface area contributed by atoms with Crippen molar-refractivity contribution in [3.8, 4) is 0 Å². The number of aryl methyl sites for hydroxylation is 1. The van der Waals surface area contributed by atoms with Crippen molar-refractivity contribution >= 4 is 28.3 Å². The van der Waals surface area contributed by atoms with Crippen LogP contribution in [-0.4, -0.2) is 10.8 Å². The van der Waals surface area contributed by atoms with Gasteiger partial charge in [-0.05, 0) is 24.3 Å². The maximum absolute atomic E-state index is 12.4. The molecule has 0 amide bonds. The van der Waals surface area contributed by atoms with Crippen LogP contribution < -0.4 is 0 Å². The first-order valence-electron chi connectivity index (χ1n) is 6.09. The number of ketones is 1. The molecule has 0 fully saturated rings. The zero-order valence-corrected chi connectivity index (χ0v) is 11.1. The average molecular weight is 274 g/mol. The Balaban J connectivity index is 2.06. The van der Waals surface area contributed by atoms with E-state index in [-0.39, 0.29) is 5.78 Å². The van der Waals surface area contributed by atoms with Gasteiger partial charge in [-0.25, -0.2) is 0 Å². The van der Waals surface area contributed by atoms with Crippen LogP contribution in [-0.2, 0) is 6.42 Å². The van der Waals surface area contributed by atoms with Crippen molar-refractivity contribution in [2.24, 2.45) is 0 Å². The van der Waals surface area contributed by atoms with Crippen molar-refractivity contribution in [3.05, 3.63) is 58.6 Å². The van der Waals surface area contributed by atoms with E-state index in [4.69, 9.17) is 16.0 Å². The number of hydrogen-bond donors (Lipinski definition) is 1. The molecule has 0 spiro atoms. The molecule has 1 aromatic carbocycles. The number of hydrogen-bond acceptors (Lipinski definition) is 2. The Morgan fingerprint density at radius 3 is 2.89 bits per heavy atom. The number of carbonyl (C=O) groups excluding carboxylic acids is 1. The van der Waals surface area contributed by atoms with E-state index in [1.807, 2.05) is 19.1 Å². The summed E-state index contributed by atoms with van der Waals surface area (Å²) in [5.41, 5.74) is 1.45. The van der Waals surface area contributed by atoms with Gasteiger partial charge in [0.05, 0.1) is 5.56 Å². The van der Waals surface area contributed by atoms with E-state index in [1.165, 1.54) is 0 Å². The lowest BCUT2D eigenvalue weighted by Crippen LogP contribution is -1.98. The first-order chi connectivity index (χ1) is 9.19. The summed E-state index contributed by atoms with van der Waals surface area (Å²) in [7, 11) is 0. The number of aromatic amines is 1. The predicted molar refractivity (Wildman–Crippen MR) is 74.8 cm³/mol. The Hall–Kier alpha value is -2.00. The van der Waals surface area contributed by atoms with Crippen LogP contribution in [0.1, 0.15) is 28.8 Å². The van der Waals surface area contributed by atoms with E-state index >= 15 is 0 Å². The van der Waals surface area contributed by atoms with E-state index in [0.29, 0.717) is 16.3 Å². The molecule has 3 nitrogen and oxygen atoms in total. The third kappa shape index (κ3) is 2.06. The number of fused-ring (bicyclic) bond motifs is 1. The summed E-state index contributed by atoms with van der Waals surface area (Å²) in [6, 6.07) is 8.96. The van der Waals surface area contributed by atoms with Crippen LogP contribution in [0.5, 0.6) is 0 Å². The van der Waals surface area contributed by atoms with Gasteiger partial charge in [0, 0.05) is 28.5 Å². The lowest BCUT2D eigenvalue weighted by Gasteiger charge is -1.96. The maximum atomic E-state index is 12.4. The van der Waals surface area contributed by atoms with Crippen molar-refractivity contribution in [1.82, 2.24) is 4.98 Å². The SMILES string of the molecule is CCc1ccc(C(=O)c2c[nH]c3cc(Cl)ccc23)o1. The maximum Gasteiger partial charge on any atom is 0.230 e. The minimum absolute atomic E-state index is 0.117. The number of carbonyl (C=O) groups is 1. The molecule has 0 saturated carbocycles. The van der Waals surface area contributed by atoms with Crippen molar-refractivity contribution < 1.29 is 9.21 Å². The summed E-state index contributed by atoms with van der Waals surface area (Å²) < 4.78 is 5.50. The fraction of sp³-hybridized carbons (Fsp3) is 0.133. The van der Waals surface area contributed by atoms with Gasteiger partial charge in [-0.2, -0.15) is 0 Å². The first-order valence-corrected chi connectivity index (χ1v) is 6.47. The molecule has 96 valence electrons. The summed E-state index contributed by atoms with van der Waals surface area (Å²) in [5.74, 6) is 1.06. The van der Waals surface area contributed by atoms with Crippen molar-refractivity contribution in [2.75, 3.05) is 0 Å². The number of nitrogens with one attached hydrogen (secondary N) is 1. The van der Waals surface area contributed by atoms with Gasteiger partial charge in [0.1, 0.15) is 5.76 Å². The highest BCUT2D eigenvalue weighted by atomic mass is 35.5. The molecule has 0 aliphatic rings. The molecule has 1 N–H and O–H groups in total. The Morgan fingerprint density at radius 2 is 2.16 bits per heavy atom.